The molecule has 0 spiro atoms. The number of ether oxygens (including phenoxy) is 2. The van der Waals surface area contributed by atoms with Crippen molar-refractivity contribution in [2.24, 2.45) is 5.92 Å². The van der Waals surface area contributed by atoms with E-state index in [0.717, 1.165) is 0 Å². The Morgan fingerprint density at radius 2 is 1.29 bits per heavy atom. The van der Waals surface area contributed by atoms with Gasteiger partial charge in [0.15, 0.2) is 11.6 Å². The molecule has 0 radical (unpaired) electrons. The predicted octanol–water partition coefficient (Wildman–Crippen LogP) is 4.17. The highest BCUT2D eigenvalue weighted by Gasteiger charge is 2.25. The maximum absolute atomic E-state index is 13.3. The topological polar surface area (TPSA) is 86.7 Å². The lowest BCUT2D eigenvalue weighted by Gasteiger charge is -2.09. The van der Waals surface area contributed by atoms with E-state index in [4.69, 9.17) is 4.74 Å². The second kappa shape index (κ2) is 13.0. The van der Waals surface area contributed by atoms with E-state index in [0.29, 0.717) is 0 Å². The van der Waals surface area contributed by atoms with Gasteiger partial charge in [0.05, 0.1) is 24.3 Å². The van der Waals surface area contributed by atoms with Crippen LogP contribution in [0.4, 0.5) is 8.78 Å². The molecule has 0 aliphatic carbocycles. The van der Waals surface area contributed by atoms with E-state index in [1.54, 1.807) is 26.0 Å². The van der Waals surface area contributed by atoms with E-state index < -0.39 is 47.5 Å². The standard InChI is InChI=1S/C12H13FO3.C11H11FO3/c1-3-16-12(15)8(2)11(14)9-6-4-5-7-10(9)13;1-2-15-11(14)7-10(13)8-5-3-4-6-9(8)12/h4-8H,3H2,1-2H3;3-6H,2,7H2,1H3. The van der Waals surface area contributed by atoms with E-state index in [1.807, 2.05) is 0 Å². The van der Waals surface area contributed by atoms with E-state index in [-0.39, 0.29) is 24.3 Å². The van der Waals surface area contributed by atoms with Gasteiger partial charge in [-0.15, -0.1) is 0 Å². The Morgan fingerprint density at radius 3 is 1.77 bits per heavy atom. The van der Waals surface area contributed by atoms with Gasteiger partial charge in [-0.25, -0.2) is 8.78 Å². The Hall–Kier alpha value is -3.42. The number of ketones is 2. The molecule has 0 saturated carbocycles. The number of benzene rings is 2. The van der Waals surface area contributed by atoms with Gasteiger partial charge in [0.25, 0.3) is 0 Å². The fourth-order valence-electron chi connectivity index (χ4n) is 2.39. The minimum Gasteiger partial charge on any atom is -0.466 e. The second-order valence-electron chi connectivity index (χ2n) is 6.20. The molecule has 1 atom stereocenters. The first-order chi connectivity index (χ1) is 14.7. The smallest absolute Gasteiger partial charge is 0.316 e. The van der Waals surface area contributed by atoms with Gasteiger partial charge in [0.1, 0.15) is 24.0 Å². The largest absolute Gasteiger partial charge is 0.466 e. The van der Waals surface area contributed by atoms with E-state index in [2.05, 4.69) is 4.74 Å². The van der Waals surface area contributed by atoms with Gasteiger partial charge in [-0.3, -0.25) is 19.2 Å². The summed E-state index contributed by atoms with van der Waals surface area (Å²) in [6, 6.07) is 11.1. The molecular formula is C23H24F2O6. The normalized spacial score (nSPS) is 10.9. The van der Waals surface area contributed by atoms with Crippen molar-refractivity contribution >= 4 is 23.5 Å². The second-order valence-corrected chi connectivity index (χ2v) is 6.20. The highest BCUT2D eigenvalue weighted by molar-refractivity contribution is 6.08. The minimum absolute atomic E-state index is 0.0782. The number of Topliss-reactive ketones (excluding diaryl/α,β-unsaturated/α-hetero) is 2. The number of hydrogen-bond donors (Lipinski definition) is 0. The van der Waals surface area contributed by atoms with Gasteiger partial charge >= 0.3 is 11.9 Å². The van der Waals surface area contributed by atoms with Crippen LogP contribution in [-0.2, 0) is 19.1 Å². The molecule has 0 aromatic heterocycles. The lowest BCUT2D eigenvalue weighted by Crippen LogP contribution is -2.24. The van der Waals surface area contributed by atoms with Crippen LogP contribution >= 0.6 is 0 Å². The van der Waals surface area contributed by atoms with E-state index in [9.17, 15) is 28.0 Å². The molecule has 166 valence electrons. The molecule has 0 fully saturated rings. The summed E-state index contributed by atoms with van der Waals surface area (Å²) in [6.45, 7) is 5.12. The highest BCUT2D eigenvalue weighted by Crippen LogP contribution is 2.14. The third-order valence-corrected chi connectivity index (χ3v) is 3.96. The molecule has 2 aromatic rings. The maximum atomic E-state index is 13.3. The first-order valence-corrected chi connectivity index (χ1v) is 9.61. The zero-order valence-electron chi connectivity index (χ0n) is 17.5. The zero-order chi connectivity index (χ0) is 23.4. The number of hydrogen-bond acceptors (Lipinski definition) is 6. The Balaban J connectivity index is 0.000000311. The van der Waals surface area contributed by atoms with Crippen molar-refractivity contribution in [3.05, 3.63) is 71.3 Å². The van der Waals surface area contributed by atoms with Crippen LogP contribution in [-0.4, -0.2) is 36.7 Å². The molecule has 0 amide bonds. The van der Waals surface area contributed by atoms with Gasteiger partial charge in [-0.2, -0.15) is 0 Å². The molecule has 6 nitrogen and oxygen atoms in total. The fourth-order valence-corrected chi connectivity index (χ4v) is 2.39. The Kier molecular flexibility index (Phi) is 10.7. The SMILES string of the molecule is CCOC(=O)C(C)C(=O)c1ccccc1F.CCOC(=O)CC(=O)c1ccccc1F. The maximum Gasteiger partial charge on any atom is 0.316 e. The fraction of sp³-hybridized carbons (Fsp3) is 0.304. The van der Waals surface area contributed by atoms with Crippen LogP contribution in [0.15, 0.2) is 48.5 Å². The molecule has 0 aliphatic heterocycles. The Bertz CT molecular complexity index is 926. The van der Waals surface area contributed by atoms with Gasteiger partial charge in [0.2, 0.25) is 0 Å². The number of esters is 2. The molecule has 0 aliphatic rings. The number of carbonyl (C=O) groups excluding carboxylic acids is 4. The summed E-state index contributed by atoms with van der Waals surface area (Å²) < 4.78 is 35.7. The summed E-state index contributed by atoms with van der Waals surface area (Å²) >= 11 is 0. The number of carbonyl (C=O) groups is 4. The molecule has 1 unspecified atom stereocenters. The molecule has 8 heteroatoms. The van der Waals surface area contributed by atoms with Gasteiger partial charge < -0.3 is 9.47 Å². The third-order valence-electron chi connectivity index (χ3n) is 3.96. The van der Waals surface area contributed by atoms with E-state index >= 15 is 0 Å². The quantitative estimate of drug-likeness (QED) is 0.352. The van der Waals surface area contributed by atoms with Crippen LogP contribution in [0.1, 0.15) is 47.9 Å². The van der Waals surface area contributed by atoms with Crippen LogP contribution in [0.2, 0.25) is 0 Å². The lowest BCUT2D eigenvalue weighted by molar-refractivity contribution is -0.145. The predicted molar refractivity (Wildman–Crippen MR) is 109 cm³/mol. The van der Waals surface area contributed by atoms with Gasteiger partial charge in [-0.1, -0.05) is 24.3 Å². The van der Waals surface area contributed by atoms with Crippen molar-refractivity contribution in [2.75, 3.05) is 13.2 Å². The van der Waals surface area contributed by atoms with E-state index in [1.165, 1.54) is 43.3 Å². The first-order valence-electron chi connectivity index (χ1n) is 9.61. The number of rotatable bonds is 8. The Morgan fingerprint density at radius 1 is 0.806 bits per heavy atom. The molecular weight excluding hydrogens is 410 g/mol. The van der Waals surface area contributed by atoms with Crippen molar-refractivity contribution in [3.8, 4) is 0 Å². The molecule has 0 saturated heterocycles. The molecule has 0 N–H and O–H groups in total. The molecule has 0 heterocycles. The molecule has 31 heavy (non-hydrogen) atoms. The minimum atomic E-state index is -0.975. The monoisotopic (exact) mass is 434 g/mol. The van der Waals surface area contributed by atoms with Crippen molar-refractivity contribution < 1.29 is 37.4 Å². The van der Waals surface area contributed by atoms with Gasteiger partial charge in [-0.05, 0) is 45.0 Å². The number of halogens is 2. The summed E-state index contributed by atoms with van der Waals surface area (Å²) in [5.74, 6) is -4.60. The van der Waals surface area contributed by atoms with Crippen molar-refractivity contribution in [2.45, 2.75) is 27.2 Å². The summed E-state index contributed by atoms with van der Waals surface area (Å²) in [4.78, 5) is 45.4. The molecule has 2 rings (SSSR count). The average Bonchev–Trinajstić information content (AvgIpc) is 2.74. The van der Waals surface area contributed by atoms with Crippen LogP contribution < -0.4 is 0 Å². The molecule has 2 aromatic carbocycles. The lowest BCUT2D eigenvalue weighted by atomic mass is 9.99. The first kappa shape index (κ1) is 25.6. The summed E-state index contributed by atoms with van der Waals surface area (Å²) in [6.07, 6.45) is -0.422. The van der Waals surface area contributed by atoms with Crippen LogP contribution in [0, 0.1) is 17.6 Å². The van der Waals surface area contributed by atoms with Crippen LogP contribution in [0.3, 0.4) is 0 Å². The summed E-state index contributed by atoms with van der Waals surface area (Å²) in [5, 5.41) is 0. The Labute approximate surface area is 179 Å². The van der Waals surface area contributed by atoms with Crippen LogP contribution in [0.5, 0.6) is 0 Å². The summed E-state index contributed by atoms with van der Waals surface area (Å²) in [7, 11) is 0. The highest BCUT2D eigenvalue weighted by atomic mass is 19.1. The van der Waals surface area contributed by atoms with Crippen molar-refractivity contribution in [3.63, 3.8) is 0 Å². The molecule has 0 bridgehead atoms. The van der Waals surface area contributed by atoms with Crippen molar-refractivity contribution in [1.82, 2.24) is 0 Å². The average molecular weight is 434 g/mol. The zero-order valence-corrected chi connectivity index (χ0v) is 17.5. The van der Waals surface area contributed by atoms with Crippen LogP contribution in [0.25, 0.3) is 0 Å². The van der Waals surface area contributed by atoms with Crippen molar-refractivity contribution in [1.29, 1.82) is 0 Å². The van der Waals surface area contributed by atoms with Gasteiger partial charge in [0, 0.05) is 0 Å². The summed E-state index contributed by atoms with van der Waals surface area (Å²) in [5.41, 5.74) is -0.159. The third kappa shape index (κ3) is 8.08.